The summed E-state index contributed by atoms with van der Waals surface area (Å²) in [5, 5.41) is 3.02. The zero-order valence-corrected chi connectivity index (χ0v) is 12.3. The fourth-order valence-electron chi connectivity index (χ4n) is 2.36. The van der Waals surface area contributed by atoms with E-state index in [1.54, 1.807) is 29.8 Å². The molecule has 2 unspecified atom stereocenters. The largest absolute Gasteiger partial charge is 0.371 e. The predicted octanol–water partition coefficient (Wildman–Crippen LogP) is 1.31. The van der Waals surface area contributed by atoms with Crippen molar-refractivity contribution in [2.45, 2.75) is 18.4 Å². The number of pyridine rings is 1. The van der Waals surface area contributed by atoms with Crippen LogP contribution in [0.2, 0.25) is 0 Å². The summed E-state index contributed by atoms with van der Waals surface area (Å²) in [4.78, 5) is 4.29. The summed E-state index contributed by atoms with van der Waals surface area (Å²) in [5.41, 5.74) is 0.608. The number of hydrogen-bond donors (Lipinski definition) is 2. The molecule has 0 spiro atoms. The molecule has 0 bridgehead atoms. The lowest BCUT2D eigenvalue weighted by Crippen LogP contribution is -2.27. The van der Waals surface area contributed by atoms with Gasteiger partial charge >= 0.3 is 0 Å². The Balaban J connectivity index is 1.98. The number of rotatable bonds is 5. The van der Waals surface area contributed by atoms with Crippen molar-refractivity contribution in [3.63, 3.8) is 0 Å². The molecule has 7 heteroatoms. The van der Waals surface area contributed by atoms with Gasteiger partial charge in [-0.2, -0.15) is 0 Å². The molecule has 2 N–H and O–H groups in total. The molecule has 0 saturated heterocycles. The van der Waals surface area contributed by atoms with Crippen LogP contribution in [0.1, 0.15) is 13.3 Å². The van der Waals surface area contributed by atoms with Gasteiger partial charge in [-0.05, 0) is 30.4 Å². The zero-order valence-electron chi connectivity index (χ0n) is 11.5. The molecule has 0 aromatic carbocycles. The van der Waals surface area contributed by atoms with Crippen molar-refractivity contribution in [1.29, 1.82) is 0 Å². The van der Waals surface area contributed by atoms with Gasteiger partial charge in [-0.25, -0.2) is 18.1 Å². The molecular weight excluding hydrogens is 276 g/mol. The highest BCUT2D eigenvalue weighted by Crippen LogP contribution is 2.37. The minimum Gasteiger partial charge on any atom is -0.371 e. The summed E-state index contributed by atoms with van der Waals surface area (Å²) in [5.74, 6) is 1.44. The maximum atomic E-state index is 12.5. The van der Waals surface area contributed by atoms with Crippen LogP contribution in [-0.2, 0) is 10.0 Å². The van der Waals surface area contributed by atoms with Gasteiger partial charge in [0, 0.05) is 19.8 Å². The topological polar surface area (TPSA) is 75.5 Å². The first-order chi connectivity index (χ1) is 9.53. The second kappa shape index (κ2) is 4.75. The van der Waals surface area contributed by atoms with Crippen LogP contribution >= 0.6 is 0 Å². The number of fused-ring (bicyclic) bond motifs is 1. The van der Waals surface area contributed by atoms with E-state index in [1.807, 2.05) is 6.07 Å². The molecule has 20 heavy (non-hydrogen) atoms. The second-order valence-corrected chi connectivity index (χ2v) is 6.95. The fourth-order valence-corrected chi connectivity index (χ4v) is 3.75. The number of sulfonamides is 1. The van der Waals surface area contributed by atoms with Crippen molar-refractivity contribution in [3.05, 3.63) is 24.4 Å². The van der Waals surface area contributed by atoms with Crippen LogP contribution in [-0.4, -0.2) is 31.4 Å². The van der Waals surface area contributed by atoms with Gasteiger partial charge in [0.05, 0.1) is 0 Å². The van der Waals surface area contributed by atoms with Gasteiger partial charge in [0.25, 0.3) is 10.0 Å². The number of imidazole rings is 1. The van der Waals surface area contributed by atoms with E-state index >= 15 is 0 Å². The van der Waals surface area contributed by atoms with E-state index in [-0.39, 0.29) is 5.03 Å². The predicted molar refractivity (Wildman–Crippen MR) is 77.2 cm³/mol. The van der Waals surface area contributed by atoms with E-state index in [2.05, 4.69) is 21.9 Å². The third kappa shape index (κ3) is 2.27. The third-order valence-corrected chi connectivity index (χ3v) is 5.23. The van der Waals surface area contributed by atoms with Crippen LogP contribution in [0.15, 0.2) is 29.4 Å². The first-order valence-electron chi connectivity index (χ1n) is 6.67. The molecular formula is C13H18N4O2S. The maximum Gasteiger partial charge on any atom is 0.260 e. The average Bonchev–Trinajstić information content (AvgIpc) is 3.00. The molecule has 108 valence electrons. The van der Waals surface area contributed by atoms with Crippen molar-refractivity contribution < 1.29 is 8.42 Å². The summed E-state index contributed by atoms with van der Waals surface area (Å²) in [7, 11) is -1.91. The summed E-state index contributed by atoms with van der Waals surface area (Å²) >= 11 is 0. The lowest BCUT2D eigenvalue weighted by atomic mass is 10.3. The number of nitrogens with zero attached hydrogens (tertiary/aromatic N) is 2. The maximum absolute atomic E-state index is 12.5. The number of hydrogen-bond acceptors (Lipinski definition) is 4. The molecule has 0 radical (unpaired) electrons. The minimum absolute atomic E-state index is 0.170. The lowest BCUT2D eigenvalue weighted by Gasteiger charge is -2.07. The van der Waals surface area contributed by atoms with E-state index < -0.39 is 10.0 Å². The van der Waals surface area contributed by atoms with Crippen molar-refractivity contribution >= 4 is 21.5 Å². The van der Waals surface area contributed by atoms with Gasteiger partial charge in [0.2, 0.25) is 0 Å². The van der Waals surface area contributed by atoms with E-state index in [4.69, 9.17) is 0 Å². The first kappa shape index (κ1) is 13.4. The number of nitrogens with one attached hydrogen (secondary N) is 2. The van der Waals surface area contributed by atoms with Gasteiger partial charge in [0.15, 0.2) is 10.8 Å². The summed E-state index contributed by atoms with van der Waals surface area (Å²) < 4.78 is 29.3. The third-order valence-electron chi connectivity index (χ3n) is 3.79. The second-order valence-electron chi connectivity index (χ2n) is 5.27. The standard InChI is InChI=1S/C13H18N4O2S/c1-9-7-10(9)8-15-20(18,19)13-12(14-2)16-11-5-3-4-6-17(11)13/h3-6,9-10,14-15H,7-8H2,1-2H3. The number of anilines is 1. The van der Waals surface area contributed by atoms with Crippen LogP contribution in [0.25, 0.3) is 5.65 Å². The molecule has 2 aromatic rings. The van der Waals surface area contributed by atoms with Crippen LogP contribution in [0.4, 0.5) is 5.82 Å². The highest BCUT2D eigenvalue weighted by Gasteiger charge is 2.34. The molecule has 2 heterocycles. The molecule has 1 aliphatic rings. The fraction of sp³-hybridized carbons (Fsp3) is 0.462. The van der Waals surface area contributed by atoms with Gasteiger partial charge < -0.3 is 5.32 Å². The average molecular weight is 294 g/mol. The van der Waals surface area contributed by atoms with Gasteiger partial charge in [-0.15, -0.1) is 0 Å². The van der Waals surface area contributed by atoms with Crippen molar-refractivity contribution in [2.75, 3.05) is 18.9 Å². The van der Waals surface area contributed by atoms with Gasteiger partial charge in [0.1, 0.15) is 5.65 Å². The summed E-state index contributed by atoms with van der Waals surface area (Å²) in [6.45, 7) is 2.62. The van der Waals surface area contributed by atoms with Crippen molar-refractivity contribution in [2.24, 2.45) is 11.8 Å². The SMILES string of the molecule is CNc1nc2ccccn2c1S(=O)(=O)NCC1CC1C. The summed E-state index contributed by atoms with van der Waals surface area (Å²) in [6, 6.07) is 5.40. The molecule has 1 aliphatic carbocycles. The number of aromatic nitrogens is 2. The molecule has 2 atom stereocenters. The Kier molecular flexibility index (Phi) is 3.18. The normalized spacial score (nSPS) is 22.1. The van der Waals surface area contributed by atoms with Crippen LogP contribution in [0.5, 0.6) is 0 Å². The molecule has 1 saturated carbocycles. The van der Waals surface area contributed by atoms with E-state index in [0.29, 0.717) is 29.8 Å². The lowest BCUT2D eigenvalue weighted by molar-refractivity contribution is 0.570. The van der Waals surface area contributed by atoms with Crippen LogP contribution < -0.4 is 10.0 Å². The monoisotopic (exact) mass is 294 g/mol. The van der Waals surface area contributed by atoms with Crippen LogP contribution in [0, 0.1) is 11.8 Å². The Bertz CT molecular complexity index is 738. The highest BCUT2D eigenvalue weighted by atomic mass is 32.2. The van der Waals surface area contributed by atoms with Crippen LogP contribution in [0.3, 0.4) is 0 Å². The van der Waals surface area contributed by atoms with E-state index in [0.717, 1.165) is 6.42 Å². The molecule has 0 amide bonds. The molecule has 3 rings (SSSR count). The Labute approximate surface area is 118 Å². The highest BCUT2D eigenvalue weighted by molar-refractivity contribution is 7.89. The van der Waals surface area contributed by atoms with Crippen molar-refractivity contribution in [1.82, 2.24) is 14.1 Å². The smallest absolute Gasteiger partial charge is 0.260 e. The Hall–Kier alpha value is -1.60. The first-order valence-corrected chi connectivity index (χ1v) is 8.16. The van der Waals surface area contributed by atoms with E-state index in [1.165, 1.54) is 0 Å². The minimum atomic E-state index is -3.58. The van der Waals surface area contributed by atoms with E-state index in [9.17, 15) is 8.42 Å². The molecule has 1 fully saturated rings. The Morgan fingerprint density at radius 1 is 1.45 bits per heavy atom. The molecule has 0 aliphatic heterocycles. The molecule has 6 nitrogen and oxygen atoms in total. The van der Waals surface area contributed by atoms with Gasteiger partial charge in [-0.3, -0.25) is 4.40 Å². The Morgan fingerprint density at radius 3 is 2.85 bits per heavy atom. The van der Waals surface area contributed by atoms with Gasteiger partial charge in [-0.1, -0.05) is 13.0 Å². The quantitative estimate of drug-likeness (QED) is 0.872. The van der Waals surface area contributed by atoms with Crippen molar-refractivity contribution in [3.8, 4) is 0 Å². The Morgan fingerprint density at radius 2 is 2.20 bits per heavy atom. The molecule has 2 aromatic heterocycles. The zero-order chi connectivity index (χ0) is 14.3. The summed E-state index contributed by atoms with van der Waals surface area (Å²) in [6.07, 6.45) is 2.80.